The number of rotatable bonds is 1. The predicted molar refractivity (Wildman–Crippen MR) is 68.0 cm³/mol. The summed E-state index contributed by atoms with van der Waals surface area (Å²) in [5.41, 5.74) is 0. The highest BCUT2D eigenvalue weighted by molar-refractivity contribution is 5.87. The number of amides is 3. The number of carbonyl (C=O) groups excluding carboxylic acids is 2. The van der Waals surface area contributed by atoms with Crippen molar-refractivity contribution >= 4 is 17.9 Å². The quantitative estimate of drug-likeness (QED) is 0.629. The SMILES string of the molecule is CN1CCCN(C(=O)N2C[C@@H](O)C[C@H]2C(=O)O)CC1=O. The summed E-state index contributed by atoms with van der Waals surface area (Å²) in [4.78, 5) is 39.3. The average Bonchev–Trinajstić information content (AvgIpc) is 2.70. The smallest absolute Gasteiger partial charge is 0.326 e. The van der Waals surface area contributed by atoms with Crippen LogP contribution in [0.4, 0.5) is 4.79 Å². The number of hydrogen-bond acceptors (Lipinski definition) is 4. The van der Waals surface area contributed by atoms with Gasteiger partial charge in [0.25, 0.3) is 0 Å². The maximum absolute atomic E-state index is 12.4. The molecule has 2 saturated heterocycles. The van der Waals surface area contributed by atoms with Gasteiger partial charge in [-0.1, -0.05) is 0 Å². The first-order valence-electron chi connectivity index (χ1n) is 6.60. The van der Waals surface area contributed by atoms with Crippen LogP contribution in [0.5, 0.6) is 0 Å². The van der Waals surface area contributed by atoms with Crippen molar-refractivity contribution in [2.45, 2.75) is 25.0 Å². The Morgan fingerprint density at radius 1 is 1.30 bits per heavy atom. The van der Waals surface area contributed by atoms with Crippen LogP contribution in [0.3, 0.4) is 0 Å². The molecule has 3 amide bonds. The second-order valence-electron chi connectivity index (χ2n) is 5.27. The molecule has 0 aromatic heterocycles. The van der Waals surface area contributed by atoms with E-state index in [0.29, 0.717) is 19.5 Å². The van der Waals surface area contributed by atoms with Gasteiger partial charge in [-0.2, -0.15) is 0 Å². The van der Waals surface area contributed by atoms with Gasteiger partial charge in [0.05, 0.1) is 6.10 Å². The van der Waals surface area contributed by atoms with Crippen LogP contribution >= 0.6 is 0 Å². The maximum Gasteiger partial charge on any atom is 0.326 e. The normalized spacial score (nSPS) is 27.7. The van der Waals surface area contributed by atoms with Crippen molar-refractivity contribution in [2.24, 2.45) is 0 Å². The van der Waals surface area contributed by atoms with Crippen molar-refractivity contribution < 1.29 is 24.6 Å². The number of carboxylic acid groups (broad SMARTS) is 1. The van der Waals surface area contributed by atoms with E-state index in [-0.39, 0.29) is 25.4 Å². The summed E-state index contributed by atoms with van der Waals surface area (Å²) in [5, 5.41) is 18.7. The Morgan fingerprint density at radius 3 is 2.65 bits per heavy atom. The van der Waals surface area contributed by atoms with Gasteiger partial charge in [0, 0.05) is 33.1 Å². The third-order valence-electron chi connectivity index (χ3n) is 3.75. The molecule has 0 saturated carbocycles. The standard InChI is InChI=1S/C12H19N3O5/c1-13-3-2-4-14(7-10(13)17)12(20)15-6-8(16)5-9(15)11(18)19/h8-9,16H,2-7H2,1H3,(H,18,19)/t8-,9-/m0/s1. The average molecular weight is 285 g/mol. The second-order valence-corrected chi connectivity index (χ2v) is 5.27. The van der Waals surface area contributed by atoms with Crippen molar-refractivity contribution in [1.82, 2.24) is 14.7 Å². The molecule has 2 aliphatic rings. The number of carbonyl (C=O) groups is 3. The molecule has 2 rings (SSSR count). The van der Waals surface area contributed by atoms with E-state index >= 15 is 0 Å². The van der Waals surface area contributed by atoms with Gasteiger partial charge in [-0.15, -0.1) is 0 Å². The van der Waals surface area contributed by atoms with Crippen LogP contribution in [0.15, 0.2) is 0 Å². The molecule has 2 fully saturated rings. The summed E-state index contributed by atoms with van der Waals surface area (Å²) < 4.78 is 0. The van der Waals surface area contributed by atoms with Crippen LogP contribution in [0.2, 0.25) is 0 Å². The van der Waals surface area contributed by atoms with E-state index in [1.54, 1.807) is 11.9 Å². The van der Waals surface area contributed by atoms with Gasteiger partial charge in [-0.3, -0.25) is 4.79 Å². The minimum absolute atomic E-state index is 0.00364. The first-order chi connectivity index (χ1) is 9.40. The number of aliphatic hydroxyl groups is 1. The number of nitrogens with zero attached hydrogens (tertiary/aromatic N) is 3. The Hall–Kier alpha value is -1.83. The van der Waals surface area contributed by atoms with E-state index in [9.17, 15) is 19.5 Å². The van der Waals surface area contributed by atoms with Crippen LogP contribution < -0.4 is 0 Å². The van der Waals surface area contributed by atoms with Crippen molar-refractivity contribution in [3.63, 3.8) is 0 Å². The van der Waals surface area contributed by atoms with Crippen molar-refractivity contribution in [3.8, 4) is 0 Å². The van der Waals surface area contributed by atoms with Crippen molar-refractivity contribution in [2.75, 3.05) is 33.2 Å². The van der Waals surface area contributed by atoms with E-state index in [1.807, 2.05) is 0 Å². The zero-order valence-electron chi connectivity index (χ0n) is 11.4. The second kappa shape index (κ2) is 5.66. The molecule has 2 heterocycles. The molecular formula is C12H19N3O5. The summed E-state index contributed by atoms with van der Waals surface area (Å²) in [6.07, 6.45) is -0.143. The van der Waals surface area contributed by atoms with E-state index in [0.717, 1.165) is 4.90 Å². The highest BCUT2D eigenvalue weighted by atomic mass is 16.4. The fourth-order valence-electron chi connectivity index (χ4n) is 2.59. The number of hydrogen-bond donors (Lipinski definition) is 2. The van der Waals surface area contributed by atoms with Gasteiger partial charge in [0.15, 0.2) is 0 Å². The van der Waals surface area contributed by atoms with Crippen LogP contribution in [0, 0.1) is 0 Å². The topological polar surface area (TPSA) is 101 Å². The number of carboxylic acids is 1. The molecule has 0 unspecified atom stereocenters. The van der Waals surface area contributed by atoms with Crippen LogP contribution in [0.25, 0.3) is 0 Å². The molecule has 2 atom stereocenters. The summed E-state index contributed by atoms with van der Waals surface area (Å²) in [6, 6.07) is -1.51. The van der Waals surface area contributed by atoms with Crippen molar-refractivity contribution in [1.29, 1.82) is 0 Å². The van der Waals surface area contributed by atoms with E-state index in [1.165, 1.54) is 4.90 Å². The number of urea groups is 1. The molecule has 112 valence electrons. The third kappa shape index (κ3) is 2.84. The molecular weight excluding hydrogens is 266 g/mol. The number of aliphatic carboxylic acids is 1. The molecule has 8 nitrogen and oxygen atoms in total. The Balaban J connectivity index is 2.09. The number of likely N-dealkylation sites (N-methyl/N-ethyl adjacent to an activating group) is 1. The first kappa shape index (κ1) is 14.6. The van der Waals surface area contributed by atoms with Gasteiger partial charge in [-0.05, 0) is 6.42 Å². The predicted octanol–water partition coefficient (Wildman–Crippen LogP) is -1.21. The lowest BCUT2D eigenvalue weighted by Crippen LogP contribution is -2.49. The molecule has 0 bridgehead atoms. The number of likely N-dealkylation sites (tertiary alicyclic amines) is 1. The monoisotopic (exact) mass is 285 g/mol. The van der Waals surface area contributed by atoms with Crippen molar-refractivity contribution in [3.05, 3.63) is 0 Å². The third-order valence-corrected chi connectivity index (χ3v) is 3.75. The van der Waals surface area contributed by atoms with E-state index < -0.39 is 24.1 Å². The summed E-state index contributed by atoms with van der Waals surface area (Å²) in [5.74, 6) is -1.30. The van der Waals surface area contributed by atoms with Gasteiger partial charge < -0.3 is 24.9 Å². The lowest BCUT2D eigenvalue weighted by atomic mass is 10.2. The molecule has 0 radical (unpaired) electrons. The Morgan fingerprint density at radius 2 is 2.00 bits per heavy atom. The molecule has 2 aliphatic heterocycles. The molecule has 8 heteroatoms. The zero-order valence-corrected chi connectivity index (χ0v) is 11.4. The molecule has 0 aromatic rings. The molecule has 0 aliphatic carbocycles. The molecule has 20 heavy (non-hydrogen) atoms. The molecule has 2 N–H and O–H groups in total. The van der Waals surface area contributed by atoms with Crippen LogP contribution in [-0.2, 0) is 9.59 Å². The van der Waals surface area contributed by atoms with Gasteiger partial charge in [-0.25, -0.2) is 9.59 Å². The minimum Gasteiger partial charge on any atom is -0.480 e. The Kier molecular flexibility index (Phi) is 4.12. The van der Waals surface area contributed by atoms with Crippen LogP contribution in [0.1, 0.15) is 12.8 Å². The lowest BCUT2D eigenvalue weighted by Gasteiger charge is -2.28. The molecule has 0 aromatic carbocycles. The summed E-state index contributed by atoms with van der Waals surface area (Å²) in [7, 11) is 1.68. The summed E-state index contributed by atoms with van der Waals surface area (Å²) >= 11 is 0. The van der Waals surface area contributed by atoms with E-state index in [4.69, 9.17) is 5.11 Å². The maximum atomic E-state index is 12.4. The minimum atomic E-state index is -1.13. The fraction of sp³-hybridized carbons (Fsp3) is 0.750. The zero-order chi connectivity index (χ0) is 14.9. The highest BCUT2D eigenvalue weighted by Crippen LogP contribution is 2.20. The number of β-amino-alcohol motifs (C(OH)–C–C–N with tert-alkyl or cyclic N) is 1. The van der Waals surface area contributed by atoms with Crippen LogP contribution in [-0.4, -0.2) is 88.2 Å². The Bertz CT molecular complexity index is 427. The fourth-order valence-corrected chi connectivity index (χ4v) is 2.59. The Labute approximate surface area is 116 Å². The van der Waals surface area contributed by atoms with Gasteiger partial charge in [0.1, 0.15) is 12.6 Å². The molecule has 0 spiro atoms. The lowest BCUT2D eigenvalue weighted by molar-refractivity contribution is -0.141. The highest BCUT2D eigenvalue weighted by Gasteiger charge is 2.41. The number of aliphatic hydroxyl groups excluding tert-OH is 1. The first-order valence-corrected chi connectivity index (χ1v) is 6.60. The van der Waals surface area contributed by atoms with Gasteiger partial charge >= 0.3 is 12.0 Å². The summed E-state index contributed by atoms with van der Waals surface area (Å²) in [6.45, 7) is 0.937. The largest absolute Gasteiger partial charge is 0.480 e. The van der Waals surface area contributed by atoms with Gasteiger partial charge in [0.2, 0.25) is 5.91 Å². The van der Waals surface area contributed by atoms with E-state index in [2.05, 4.69) is 0 Å².